The molecule has 0 aromatic heterocycles. The van der Waals surface area contributed by atoms with E-state index in [9.17, 15) is 9.90 Å². The Morgan fingerprint density at radius 2 is 1.81 bits per heavy atom. The average Bonchev–Trinajstić information content (AvgIpc) is 3.78. The van der Waals surface area contributed by atoms with Gasteiger partial charge >= 0.3 is 5.97 Å². The van der Waals surface area contributed by atoms with Crippen molar-refractivity contribution < 1.29 is 19.4 Å². The smallest absolute Gasteiger partial charge is 0.303 e. The first-order valence-electron chi connectivity index (χ1n) is 15.3. The fraction of sp³-hybridized carbons (Fsp3) is 0.432. The minimum atomic E-state index is -0.741. The highest BCUT2D eigenvalue weighted by Gasteiger charge is 2.39. The zero-order chi connectivity index (χ0) is 30.0. The Morgan fingerprint density at radius 1 is 1.02 bits per heavy atom. The molecule has 42 heavy (non-hydrogen) atoms. The molecule has 2 aliphatic carbocycles. The van der Waals surface area contributed by atoms with Crippen LogP contribution < -0.4 is 14.8 Å². The Kier molecular flexibility index (Phi) is 9.14. The molecule has 0 radical (unpaired) electrons. The highest BCUT2D eigenvalue weighted by molar-refractivity contribution is 7.28. The van der Waals surface area contributed by atoms with Gasteiger partial charge in [-0.3, -0.25) is 4.79 Å². The minimum absolute atomic E-state index is 0.0521. The van der Waals surface area contributed by atoms with Gasteiger partial charge in [-0.05, 0) is 131 Å². The molecule has 2 fully saturated rings. The van der Waals surface area contributed by atoms with E-state index < -0.39 is 5.97 Å². The number of aliphatic carboxylic acids is 1. The summed E-state index contributed by atoms with van der Waals surface area (Å²) >= 11 is 0. The molecule has 0 aliphatic heterocycles. The summed E-state index contributed by atoms with van der Waals surface area (Å²) in [5.74, 6) is 2.64. The van der Waals surface area contributed by atoms with E-state index in [1.165, 1.54) is 29.5 Å². The number of allylic oxidation sites excluding steroid dienone is 2. The second-order valence-electron chi connectivity index (χ2n) is 13.0. The first-order valence-corrected chi connectivity index (χ1v) is 15.8. The molecule has 0 amide bonds. The third-order valence-corrected chi connectivity index (χ3v) is 10.4. The lowest BCUT2D eigenvalue weighted by atomic mass is 9.75. The summed E-state index contributed by atoms with van der Waals surface area (Å²) in [5.41, 5.74) is 7.26. The van der Waals surface area contributed by atoms with Crippen LogP contribution in [0.25, 0.3) is 16.7 Å². The third kappa shape index (κ3) is 6.76. The predicted molar refractivity (Wildman–Crippen MR) is 176 cm³/mol. The van der Waals surface area contributed by atoms with Crippen molar-refractivity contribution in [2.75, 3.05) is 7.11 Å². The number of ether oxygens (including phenoxy) is 2. The van der Waals surface area contributed by atoms with Crippen LogP contribution in [0.2, 0.25) is 0 Å². The zero-order valence-corrected chi connectivity index (χ0v) is 26.8. The average molecular weight is 585 g/mol. The molecule has 222 valence electrons. The lowest BCUT2D eigenvalue weighted by molar-refractivity contribution is -0.137. The summed E-state index contributed by atoms with van der Waals surface area (Å²) in [6.45, 7) is 9.88. The predicted octanol–water partition coefficient (Wildman–Crippen LogP) is 8.89. The first kappa shape index (κ1) is 30.4. The Balaban J connectivity index is 1.45. The van der Waals surface area contributed by atoms with Crippen molar-refractivity contribution in [2.24, 2.45) is 23.2 Å². The number of carboxylic acid groups (broad SMARTS) is 1. The maximum Gasteiger partial charge on any atom is 0.303 e. The van der Waals surface area contributed by atoms with Gasteiger partial charge in [0.1, 0.15) is 18.1 Å². The molecule has 0 heterocycles. The van der Waals surface area contributed by atoms with Gasteiger partial charge in [-0.2, -0.15) is 0 Å². The van der Waals surface area contributed by atoms with E-state index in [-0.39, 0.29) is 17.8 Å². The molecule has 5 heteroatoms. The summed E-state index contributed by atoms with van der Waals surface area (Å²) in [7, 11) is 4.59. The van der Waals surface area contributed by atoms with E-state index in [2.05, 4.69) is 73.3 Å². The van der Waals surface area contributed by atoms with E-state index in [4.69, 9.17) is 9.47 Å². The maximum atomic E-state index is 11.5. The van der Waals surface area contributed by atoms with Crippen LogP contribution in [0.5, 0.6) is 11.5 Å². The molecule has 2 saturated carbocycles. The Bertz CT molecular complexity index is 1470. The van der Waals surface area contributed by atoms with Crippen molar-refractivity contribution in [3.05, 3.63) is 83.4 Å². The molecule has 4 nitrogen and oxygen atoms in total. The molecule has 5 rings (SSSR count). The van der Waals surface area contributed by atoms with Gasteiger partial charge in [0.2, 0.25) is 0 Å². The molecule has 1 N–H and O–H groups in total. The Morgan fingerprint density at radius 3 is 2.48 bits per heavy atom. The minimum Gasteiger partial charge on any atom is -0.497 e. The second-order valence-corrected chi connectivity index (χ2v) is 13.6. The van der Waals surface area contributed by atoms with E-state index >= 15 is 0 Å². The van der Waals surface area contributed by atoms with Crippen molar-refractivity contribution >= 4 is 26.1 Å². The molecule has 0 bridgehead atoms. The Hall–Kier alpha value is -3.10. The molecule has 2 aliphatic rings. The lowest BCUT2D eigenvalue weighted by Gasteiger charge is -2.30. The molecule has 3 aromatic carbocycles. The summed E-state index contributed by atoms with van der Waals surface area (Å²) in [6.07, 6.45) is 7.36. The monoisotopic (exact) mass is 584 g/mol. The van der Waals surface area contributed by atoms with E-state index in [1.54, 1.807) is 7.11 Å². The van der Waals surface area contributed by atoms with E-state index in [1.807, 2.05) is 30.3 Å². The number of carboxylic acids is 1. The summed E-state index contributed by atoms with van der Waals surface area (Å²) in [4.78, 5) is 11.5. The number of hydrogen-bond donors (Lipinski definition) is 1. The zero-order valence-electron chi connectivity index (χ0n) is 25.7. The van der Waals surface area contributed by atoms with Crippen LogP contribution in [-0.4, -0.2) is 18.2 Å². The topological polar surface area (TPSA) is 55.8 Å². The van der Waals surface area contributed by atoms with Gasteiger partial charge < -0.3 is 14.6 Å². The molecular formula is C37H45O4P. The summed E-state index contributed by atoms with van der Waals surface area (Å²) in [6, 6.07) is 20.9. The van der Waals surface area contributed by atoms with Gasteiger partial charge in [-0.1, -0.05) is 57.2 Å². The highest BCUT2D eigenvalue weighted by atomic mass is 31.0. The van der Waals surface area contributed by atoms with Gasteiger partial charge in [0.25, 0.3) is 0 Å². The lowest BCUT2D eigenvalue weighted by Crippen LogP contribution is -2.22. The van der Waals surface area contributed by atoms with Crippen LogP contribution in [0, 0.1) is 23.2 Å². The SMILES string of the molecule is COc1ccc(P)c(-c2ccc(COc3cccc(C(CC(=O)O)C4CC4)c3)cc2/C(C)=C/C2CC[C@H](C)C2(C)C)c1. The van der Waals surface area contributed by atoms with Gasteiger partial charge in [-0.25, -0.2) is 0 Å². The van der Waals surface area contributed by atoms with Gasteiger partial charge in [-0.15, -0.1) is 9.24 Å². The largest absolute Gasteiger partial charge is 0.497 e. The fourth-order valence-corrected chi connectivity index (χ4v) is 6.95. The van der Waals surface area contributed by atoms with Crippen LogP contribution >= 0.6 is 9.24 Å². The fourth-order valence-electron chi connectivity index (χ4n) is 6.61. The Labute approximate surface area is 253 Å². The van der Waals surface area contributed by atoms with Crippen LogP contribution in [0.4, 0.5) is 0 Å². The number of methoxy groups -OCH3 is 1. The highest BCUT2D eigenvalue weighted by Crippen LogP contribution is 2.49. The molecule has 0 spiro atoms. The van der Waals surface area contributed by atoms with E-state index in [0.717, 1.165) is 46.3 Å². The van der Waals surface area contributed by atoms with Gasteiger partial charge in [0.15, 0.2) is 0 Å². The quantitative estimate of drug-likeness (QED) is 0.229. The van der Waals surface area contributed by atoms with Gasteiger partial charge in [0, 0.05) is 0 Å². The maximum absolute atomic E-state index is 11.5. The molecular weight excluding hydrogens is 539 g/mol. The van der Waals surface area contributed by atoms with Crippen molar-refractivity contribution in [3.63, 3.8) is 0 Å². The van der Waals surface area contributed by atoms with Crippen LogP contribution in [-0.2, 0) is 11.4 Å². The second kappa shape index (κ2) is 12.6. The number of benzene rings is 3. The first-order chi connectivity index (χ1) is 20.1. The molecule has 3 unspecified atom stereocenters. The standard InChI is InChI=1S/C37H45O4P/c1-23(17-28-13-9-24(2)37(28,3)4)32-18-25(10-15-31(32)34-20-29(40-5)14-16-35(34)42)22-41-30-8-6-7-27(19-30)33(21-36(38)39)26-11-12-26/h6-8,10,14-20,24,26,28,33H,9,11-13,21-22,42H2,1-5H3,(H,38,39)/b23-17+/t24-,28?,33?/m0/s1. The van der Waals surface area contributed by atoms with Crippen LogP contribution in [0.15, 0.2) is 66.7 Å². The van der Waals surface area contributed by atoms with Crippen molar-refractivity contribution in [2.45, 2.75) is 72.3 Å². The molecule has 0 saturated heterocycles. The van der Waals surface area contributed by atoms with Crippen molar-refractivity contribution in [1.29, 1.82) is 0 Å². The van der Waals surface area contributed by atoms with E-state index in [0.29, 0.717) is 24.4 Å². The summed E-state index contributed by atoms with van der Waals surface area (Å²) in [5, 5.41) is 10.6. The van der Waals surface area contributed by atoms with Crippen molar-refractivity contribution in [3.8, 4) is 22.6 Å². The number of hydrogen-bond acceptors (Lipinski definition) is 3. The number of rotatable bonds is 11. The molecule has 3 aromatic rings. The third-order valence-electron chi connectivity index (χ3n) is 9.92. The van der Waals surface area contributed by atoms with Gasteiger partial charge in [0.05, 0.1) is 13.5 Å². The normalized spacial score (nSPS) is 20.8. The van der Waals surface area contributed by atoms with Crippen LogP contribution in [0.1, 0.15) is 82.4 Å². The van der Waals surface area contributed by atoms with Crippen molar-refractivity contribution in [1.82, 2.24) is 0 Å². The molecule has 4 atom stereocenters. The summed E-state index contributed by atoms with van der Waals surface area (Å²) < 4.78 is 11.9. The number of carbonyl (C=O) groups is 1. The van der Waals surface area contributed by atoms with Crippen LogP contribution in [0.3, 0.4) is 0 Å².